The number of thiazole rings is 1. The van der Waals surface area contributed by atoms with E-state index in [1.807, 2.05) is 59.6 Å². The van der Waals surface area contributed by atoms with Crippen molar-refractivity contribution in [3.63, 3.8) is 0 Å². The molecule has 1 aliphatic carbocycles. The van der Waals surface area contributed by atoms with Crippen LogP contribution in [0.5, 0.6) is 5.75 Å². The number of methoxy groups -OCH3 is 1. The zero-order valence-electron chi connectivity index (χ0n) is 20.1. The molecule has 7 heteroatoms. The Morgan fingerprint density at radius 3 is 2.41 bits per heavy atom. The second-order valence-corrected chi connectivity index (χ2v) is 10.2. The fourth-order valence-corrected chi connectivity index (χ4v) is 5.48. The first-order valence-electron chi connectivity index (χ1n) is 11.9. The van der Waals surface area contributed by atoms with Crippen molar-refractivity contribution in [2.75, 3.05) is 38.2 Å². The largest absolute Gasteiger partial charge is 0.497 e. The number of carbonyl (C=O) groups is 1. The van der Waals surface area contributed by atoms with Crippen LogP contribution in [-0.2, 0) is 16.6 Å². The molecule has 1 aliphatic rings. The molecular weight excluding hydrogens is 466 g/mol. The molecule has 0 atom stereocenters. The molecule has 1 amide bonds. The Hall–Kier alpha value is -2.41. The topological polar surface area (TPSA) is 45.7 Å². The van der Waals surface area contributed by atoms with Crippen LogP contribution in [0.25, 0.3) is 0 Å². The molecule has 3 aromatic rings. The maximum Gasteiger partial charge on any atom is 0.239 e. The van der Waals surface area contributed by atoms with Gasteiger partial charge in [0.2, 0.25) is 5.91 Å². The highest BCUT2D eigenvalue weighted by Crippen LogP contribution is 2.50. The van der Waals surface area contributed by atoms with Gasteiger partial charge in [-0.15, -0.1) is 11.3 Å². The molecular formula is C27H32ClN3O2S. The van der Waals surface area contributed by atoms with Crippen LogP contribution in [0, 0.1) is 0 Å². The number of aromatic nitrogens is 1. The Labute approximate surface area is 211 Å². The van der Waals surface area contributed by atoms with Crippen LogP contribution in [-0.4, -0.2) is 49.1 Å². The van der Waals surface area contributed by atoms with E-state index in [1.165, 1.54) is 0 Å². The third kappa shape index (κ3) is 5.29. The van der Waals surface area contributed by atoms with E-state index < -0.39 is 5.41 Å². The lowest BCUT2D eigenvalue weighted by atomic mass is 9.94. The number of benzene rings is 2. The molecule has 1 fully saturated rings. The molecule has 1 saturated carbocycles. The van der Waals surface area contributed by atoms with E-state index in [0.717, 1.165) is 64.4 Å². The molecule has 5 nitrogen and oxygen atoms in total. The van der Waals surface area contributed by atoms with E-state index in [2.05, 4.69) is 18.7 Å². The number of rotatable bonds is 11. The second kappa shape index (κ2) is 10.9. The lowest BCUT2D eigenvalue weighted by molar-refractivity contribution is -0.121. The molecule has 34 heavy (non-hydrogen) atoms. The molecule has 2 aromatic carbocycles. The van der Waals surface area contributed by atoms with Crippen molar-refractivity contribution in [2.24, 2.45) is 0 Å². The first-order chi connectivity index (χ1) is 16.5. The van der Waals surface area contributed by atoms with Crippen LogP contribution in [0.2, 0.25) is 5.02 Å². The average molecular weight is 498 g/mol. The van der Waals surface area contributed by atoms with Crippen LogP contribution in [0.1, 0.15) is 42.7 Å². The molecule has 0 saturated heterocycles. The van der Waals surface area contributed by atoms with Gasteiger partial charge >= 0.3 is 0 Å². The molecule has 0 radical (unpaired) electrons. The van der Waals surface area contributed by atoms with Gasteiger partial charge in [0.15, 0.2) is 5.13 Å². The Kier molecular flexibility index (Phi) is 7.91. The lowest BCUT2D eigenvalue weighted by Gasteiger charge is -2.28. The van der Waals surface area contributed by atoms with Crippen LogP contribution < -0.4 is 9.64 Å². The third-order valence-electron chi connectivity index (χ3n) is 6.68. The zero-order valence-corrected chi connectivity index (χ0v) is 21.7. The zero-order chi connectivity index (χ0) is 24.1. The van der Waals surface area contributed by atoms with E-state index in [0.29, 0.717) is 13.0 Å². The lowest BCUT2D eigenvalue weighted by Crippen LogP contribution is -2.44. The summed E-state index contributed by atoms with van der Waals surface area (Å²) < 4.78 is 5.31. The average Bonchev–Trinajstić information content (AvgIpc) is 3.56. The number of halogens is 1. The summed E-state index contributed by atoms with van der Waals surface area (Å²) in [7, 11) is 1.66. The molecule has 180 valence electrons. The number of hydrogen-bond acceptors (Lipinski definition) is 5. The normalized spacial score (nSPS) is 14.3. The van der Waals surface area contributed by atoms with Gasteiger partial charge in [-0.1, -0.05) is 55.8 Å². The standard InChI is InChI=1S/C27H32ClN3O2S/c1-4-30(5-2)16-17-31(25(32)27(14-15-27)21-10-12-22(33-3)13-11-21)26-29-19-23(34-26)18-20-8-6-7-9-24(20)28/h6-13,19H,4-5,14-18H2,1-3H3. The number of nitrogens with zero attached hydrogens (tertiary/aromatic N) is 3. The molecule has 0 aliphatic heterocycles. The summed E-state index contributed by atoms with van der Waals surface area (Å²) >= 11 is 7.95. The summed E-state index contributed by atoms with van der Waals surface area (Å²) in [4.78, 5) is 24.1. The predicted octanol–water partition coefficient (Wildman–Crippen LogP) is 5.80. The summed E-state index contributed by atoms with van der Waals surface area (Å²) in [6, 6.07) is 15.8. The number of ether oxygens (including phenoxy) is 1. The van der Waals surface area contributed by atoms with Gasteiger partial charge in [-0.25, -0.2) is 4.98 Å². The smallest absolute Gasteiger partial charge is 0.239 e. The first kappa shape index (κ1) is 24.7. The van der Waals surface area contributed by atoms with Gasteiger partial charge in [0.05, 0.1) is 12.5 Å². The molecule has 0 unspecified atom stereocenters. The highest BCUT2D eigenvalue weighted by molar-refractivity contribution is 7.15. The van der Waals surface area contributed by atoms with Crippen LogP contribution in [0.3, 0.4) is 0 Å². The molecule has 0 bridgehead atoms. The Balaban J connectivity index is 1.60. The van der Waals surface area contributed by atoms with Crippen molar-refractivity contribution >= 4 is 34.0 Å². The molecule has 0 spiro atoms. The summed E-state index contributed by atoms with van der Waals surface area (Å²) in [5.41, 5.74) is 1.65. The van der Waals surface area contributed by atoms with Crippen LogP contribution in [0.15, 0.2) is 54.7 Å². The summed E-state index contributed by atoms with van der Waals surface area (Å²) in [5.74, 6) is 0.943. The number of amides is 1. The number of carbonyl (C=O) groups excluding carboxylic acids is 1. The third-order valence-corrected chi connectivity index (χ3v) is 8.07. The molecule has 1 heterocycles. The Morgan fingerprint density at radius 2 is 1.79 bits per heavy atom. The van der Waals surface area contributed by atoms with Gasteiger partial charge in [-0.3, -0.25) is 9.69 Å². The molecule has 0 N–H and O–H groups in total. The van der Waals surface area contributed by atoms with Crippen molar-refractivity contribution in [3.05, 3.63) is 75.8 Å². The molecule has 4 rings (SSSR count). The number of likely N-dealkylation sites (N-methyl/N-ethyl adjacent to an activating group) is 1. The maximum atomic E-state index is 14.0. The van der Waals surface area contributed by atoms with E-state index in [4.69, 9.17) is 21.3 Å². The van der Waals surface area contributed by atoms with E-state index in [1.54, 1.807) is 18.4 Å². The SMILES string of the molecule is CCN(CC)CCN(C(=O)C1(c2ccc(OC)cc2)CC1)c1ncc(Cc2ccccc2Cl)s1. The highest BCUT2D eigenvalue weighted by Gasteiger charge is 2.53. The van der Waals surface area contributed by atoms with Crippen molar-refractivity contribution in [3.8, 4) is 5.75 Å². The monoisotopic (exact) mass is 497 g/mol. The summed E-state index contributed by atoms with van der Waals surface area (Å²) in [6.45, 7) is 7.66. The Bertz CT molecular complexity index is 1110. The number of hydrogen-bond donors (Lipinski definition) is 0. The van der Waals surface area contributed by atoms with Gasteiger partial charge in [0.1, 0.15) is 5.75 Å². The van der Waals surface area contributed by atoms with Gasteiger partial charge < -0.3 is 9.64 Å². The van der Waals surface area contributed by atoms with Crippen molar-refractivity contribution in [1.29, 1.82) is 0 Å². The second-order valence-electron chi connectivity index (χ2n) is 8.67. The van der Waals surface area contributed by atoms with Gasteiger partial charge in [-0.05, 0) is 55.3 Å². The van der Waals surface area contributed by atoms with Crippen LogP contribution >= 0.6 is 22.9 Å². The first-order valence-corrected chi connectivity index (χ1v) is 13.1. The van der Waals surface area contributed by atoms with Crippen molar-refractivity contribution in [1.82, 2.24) is 9.88 Å². The van der Waals surface area contributed by atoms with Crippen molar-refractivity contribution in [2.45, 2.75) is 38.5 Å². The maximum absolute atomic E-state index is 14.0. The van der Waals surface area contributed by atoms with Gasteiger partial charge in [-0.2, -0.15) is 0 Å². The summed E-state index contributed by atoms with van der Waals surface area (Å²) in [6.07, 6.45) is 4.31. The van der Waals surface area contributed by atoms with E-state index in [9.17, 15) is 4.79 Å². The fourth-order valence-electron chi connectivity index (χ4n) is 4.32. The van der Waals surface area contributed by atoms with Gasteiger partial charge in [0, 0.05) is 35.6 Å². The number of anilines is 1. The van der Waals surface area contributed by atoms with Crippen molar-refractivity contribution < 1.29 is 9.53 Å². The summed E-state index contributed by atoms with van der Waals surface area (Å²) in [5, 5.41) is 1.52. The van der Waals surface area contributed by atoms with E-state index in [-0.39, 0.29) is 5.91 Å². The minimum absolute atomic E-state index is 0.142. The van der Waals surface area contributed by atoms with Gasteiger partial charge in [0.25, 0.3) is 0 Å². The highest BCUT2D eigenvalue weighted by atomic mass is 35.5. The minimum atomic E-state index is -0.468. The fraction of sp³-hybridized carbons (Fsp3) is 0.407. The van der Waals surface area contributed by atoms with Crippen LogP contribution in [0.4, 0.5) is 5.13 Å². The molecule has 1 aromatic heterocycles. The minimum Gasteiger partial charge on any atom is -0.497 e. The Morgan fingerprint density at radius 1 is 1.09 bits per heavy atom. The van der Waals surface area contributed by atoms with E-state index >= 15 is 0 Å². The quantitative estimate of drug-likeness (QED) is 0.335. The predicted molar refractivity (Wildman–Crippen MR) is 140 cm³/mol.